The molecule has 0 spiro atoms. The van der Waals surface area contributed by atoms with Gasteiger partial charge in [-0.3, -0.25) is 4.79 Å². The van der Waals surface area contributed by atoms with Crippen LogP contribution >= 0.6 is 11.8 Å². The van der Waals surface area contributed by atoms with Gasteiger partial charge in [0.2, 0.25) is 5.12 Å². The standard InChI is InChI=1S/C5H10N2O2S/c6-1-5(9)10-3-4(7)2-8/h2,4H,1,3,6-7H2. The van der Waals surface area contributed by atoms with E-state index in [1.165, 1.54) is 0 Å². The van der Waals surface area contributed by atoms with Gasteiger partial charge < -0.3 is 16.3 Å². The number of aldehydes is 1. The first-order chi connectivity index (χ1) is 4.70. The van der Waals surface area contributed by atoms with Crippen molar-refractivity contribution in [3.8, 4) is 0 Å². The minimum absolute atomic E-state index is 0.00373. The van der Waals surface area contributed by atoms with E-state index in [1.807, 2.05) is 0 Å². The van der Waals surface area contributed by atoms with Crippen molar-refractivity contribution in [1.29, 1.82) is 0 Å². The maximum atomic E-state index is 10.5. The Labute approximate surface area is 63.3 Å². The summed E-state index contributed by atoms with van der Waals surface area (Å²) in [4.78, 5) is 20.4. The third-order valence-corrected chi connectivity index (χ3v) is 1.82. The Balaban J connectivity index is 3.34. The lowest BCUT2D eigenvalue weighted by Gasteiger charge is -1.99. The van der Waals surface area contributed by atoms with Crippen molar-refractivity contribution in [3.63, 3.8) is 0 Å². The average molecular weight is 162 g/mol. The van der Waals surface area contributed by atoms with Crippen LogP contribution in [0.5, 0.6) is 0 Å². The quantitative estimate of drug-likeness (QED) is 0.503. The Bertz CT molecular complexity index is 129. The molecule has 0 saturated heterocycles. The van der Waals surface area contributed by atoms with Crippen molar-refractivity contribution >= 4 is 23.2 Å². The molecule has 10 heavy (non-hydrogen) atoms. The van der Waals surface area contributed by atoms with Gasteiger partial charge >= 0.3 is 0 Å². The van der Waals surface area contributed by atoms with Gasteiger partial charge in [-0.1, -0.05) is 11.8 Å². The van der Waals surface area contributed by atoms with Crippen molar-refractivity contribution in [2.45, 2.75) is 6.04 Å². The van der Waals surface area contributed by atoms with Gasteiger partial charge in [0.25, 0.3) is 0 Å². The molecule has 5 heteroatoms. The first kappa shape index (κ1) is 9.61. The summed E-state index contributed by atoms with van der Waals surface area (Å²) in [6.45, 7) is -0.00373. The third-order valence-electron chi connectivity index (χ3n) is 0.778. The van der Waals surface area contributed by atoms with E-state index in [-0.39, 0.29) is 11.7 Å². The number of nitrogens with two attached hydrogens (primary N) is 2. The van der Waals surface area contributed by atoms with Gasteiger partial charge in [-0.05, 0) is 0 Å². The molecule has 0 rings (SSSR count). The summed E-state index contributed by atoms with van der Waals surface area (Å²) in [5, 5.41) is -0.141. The molecule has 1 unspecified atom stereocenters. The van der Waals surface area contributed by atoms with E-state index in [9.17, 15) is 9.59 Å². The number of rotatable bonds is 4. The predicted octanol–water partition coefficient (Wildman–Crippen LogP) is -1.27. The molecule has 0 saturated carbocycles. The van der Waals surface area contributed by atoms with E-state index in [4.69, 9.17) is 11.5 Å². The second-order valence-corrected chi connectivity index (χ2v) is 2.76. The van der Waals surface area contributed by atoms with Gasteiger partial charge in [-0.2, -0.15) is 0 Å². The minimum atomic E-state index is -0.555. The lowest BCUT2D eigenvalue weighted by Crippen LogP contribution is -2.25. The molecule has 0 aliphatic rings. The molecule has 0 aromatic carbocycles. The monoisotopic (exact) mass is 162 g/mol. The first-order valence-corrected chi connectivity index (χ1v) is 3.75. The van der Waals surface area contributed by atoms with E-state index in [2.05, 4.69) is 0 Å². The zero-order valence-corrected chi connectivity index (χ0v) is 6.26. The molecule has 0 aliphatic carbocycles. The highest BCUT2D eigenvalue weighted by atomic mass is 32.2. The fourth-order valence-corrected chi connectivity index (χ4v) is 0.862. The predicted molar refractivity (Wildman–Crippen MR) is 40.6 cm³/mol. The van der Waals surface area contributed by atoms with Crippen LogP contribution in [0.1, 0.15) is 0 Å². The number of hydrogen-bond acceptors (Lipinski definition) is 5. The van der Waals surface area contributed by atoms with Crippen LogP contribution in [0.3, 0.4) is 0 Å². The van der Waals surface area contributed by atoms with Crippen molar-refractivity contribution in [2.75, 3.05) is 12.3 Å². The Morgan fingerprint density at radius 3 is 2.70 bits per heavy atom. The second-order valence-electron chi connectivity index (χ2n) is 1.69. The van der Waals surface area contributed by atoms with Crippen LogP contribution in [0.2, 0.25) is 0 Å². The van der Waals surface area contributed by atoms with Crippen LogP contribution in [0, 0.1) is 0 Å². The van der Waals surface area contributed by atoms with Gasteiger partial charge in [-0.25, -0.2) is 0 Å². The van der Waals surface area contributed by atoms with Crippen molar-refractivity contribution in [2.24, 2.45) is 11.5 Å². The van der Waals surface area contributed by atoms with E-state index < -0.39 is 6.04 Å². The maximum absolute atomic E-state index is 10.5. The molecule has 0 aromatic rings. The fraction of sp³-hybridized carbons (Fsp3) is 0.600. The molecule has 0 aliphatic heterocycles. The van der Waals surface area contributed by atoms with Gasteiger partial charge in [0.05, 0.1) is 12.6 Å². The van der Waals surface area contributed by atoms with Crippen LogP contribution in [-0.4, -0.2) is 29.7 Å². The Morgan fingerprint density at radius 2 is 2.30 bits per heavy atom. The molecule has 4 nitrogen and oxygen atoms in total. The Hall–Kier alpha value is -0.390. The summed E-state index contributed by atoms with van der Waals surface area (Å²) in [5.41, 5.74) is 10.2. The summed E-state index contributed by atoms with van der Waals surface area (Å²) in [7, 11) is 0. The molecular formula is C5H10N2O2S. The molecule has 4 N–H and O–H groups in total. The van der Waals surface area contributed by atoms with E-state index in [0.717, 1.165) is 11.8 Å². The van der Waals surface area contributed by atoms with Crippen LogP contribution in [0.25, 0.3) is 0 Å². The van der Waals surface area contributed by atoms with Crippen molar-refractivity contribution < 1.29 is 9.59 Å². The molecule has 0 amide bonds. The van der Waals surface area contributed by atoms with Crippen LogP contribution in [-0.2, 0) is 9.59 Å². The summed E-state index contributed by atoms with van der Waals surface area (Å²) < 4.78 is 0. The van der Waals surface area contributed by atoms with Gasteiger partial charge in [0.15, 0.2) is 0 Å². The highest BCUT2D eigenvalue weighted by Gasteiger charge is 2.03. The van der Waals surface area contributed by atoms with E-state index >= 15 is 0 Å². The van der Waals surface area contributed by atoms with E-state index in [0.29, 0.717) is 12.0 Å². The largest absolute Gasteiger partial charge is 0.323 e. The zero-order valence-electron chi connectivity index (χ0n) is 5.45. The van der Waals surface area contributed by atoms with Crippen molar-refractivity contribution in [3.05, 3.63) is 0 Å². The summed E-state index contributed by atoms with van der Waals surface area (Å²) in [5.74, 6) is 0.319. The molecule has 0 heterocycles. The SMILES string of the molecule is NCC(=O)SCC(N)C=O. The van der Waals surface area contributed by atoms with Gasteiger partial charge in [-0.15, -0.1) is 0 Å². The Morgan fingerprint density at radius 1 is 1.70 bits per heavy atom. The number of thioether (sulfide) groups is 1. The summed E-state index contributed by atoms with van der Waals surface area (Å²) in [6, 6.07) is -0.555. The van der Waals surface area contributed by atoms with Gasteiger partial charge in [0.1, 0.15) is 6.29 Å². The zero-order chi connectivity index (χ0) is 7.98. The fourth-order valence-electron chi connectivity index (χ4n) is 0.287. The minimum Gasteiger partial charge on any atom is -0.323 e. The van der Waals surface area contributed by atoms with Crippen LogP contribution in [0.15, 0.2) is 0 Å². The highest BCUT2D eigenvalue weighted by Crippen LogP contribution is 2.00. The average Bonchev–Trinajstić information content (AvgIpc) is 1.99. The number of hydrogen-bond donors (Lipinski definition) is 2. The summed E-state index contributed by atoms with van der Waals surface area (Å²) >= 11 is 0.989. The normalized spacial score (nSPS) is 12.6. The lowest BCUT2D eigenvalue weighted by molar-refractivity contribution is -0.109. The second kappa shape index (κ2) is 5.40. The van der Waals surface area contributed by atoms with Crippen LogP contribution < -0.4 is 11.5 Å². The molecule has 0 aromatic heterocycles. The first-order valence-electron chi connectivity index (χ1n) is 2.77. The third kappa shape index (κ3) is 4.49. The molecular weight excluding hydrogens is 152 g/mol. The van der Waals surface area contributed by atoms with Crippen LogP contribution in [0.4, 0.5) is 0 Å². The van der Waals surface area contributed by atoms with E-state index in [1.54, 1.807) is 0 Å². The number of carbonyl (C=O) groups excluding carboxylic acids is 2. The van der Waals surface area contributed by atoms with Gasteiger partial charge in [0, 0.05) is 5.75 Å². The maximum Gasteiger partial charge on any atom is 0.202 e. The lowest BCUT2D eigenvalue weighted by atomic mass is 10.4. The smallest absolute Gasteiger partial charge is 0.202 e. The molecule has 0 bridgehead atoms. The van der Waals surface area contributed by atoms with Crippen molar-refractivity contribution in [1.82, 2.24) is 0 Å². The number of carbonyl (C=O) groups is 2. The molecule has 1 atom stereocenters. The molecule has 0 radical (unpaired) electrons. The Kier molecular flexibility index (Phi) is 5.19. The molecule has 58 valence electrons. The molecule has 0 fully saturated rings. The topological polar surface area (TPSA) is 86.2 Å². The summed E-state index contributed by atoms with van der Waals surface area (Å²) in [6.07, 6.45) is 0.608. The highest BCUT2D eigenvalue weighted by molar-refractivity contribution is 8.13.